The first kappa shape index (κ1) is 14.4. The first-order valence-electron chi connectivity index (χ1n) is 6.91. The Balaban J connectivity index is 2.03. The Morgan fingerprint density at radius 3 is 2.00 bits per heavy atom. The highest BCUT2D eigenvalue weighted by Gasteiger charge is 2.23. The minimum absolute atomic E-state index is 0.378. The number of hydrogen-bond acceptors (Lipinski definition) is 3. The second-order valence-corrected chi connectivity index (χ2v) is 8.07. The summed E-state index contributed by atoms with van der Waals surface area (Å²) in [7, 11) is -3.10. The minimum Gasteiger partial charge on any atom is -0.382 e. The van der Waals surface area contributed by atoms with Crippen LogP contribution in [0.1, 0.15) is 33.1 Å². The van der Waals surface area contributed by atoms with Gasteiger partial charge in [-0.2, -0.15) is 0 Å². The monoisotopic (exact) mass is 281 g/mol. The molecular weight excluding hydrogens is 258 g/mol. The Morgan fingerprint density at radius 1 is 1.00 bits per heavy atom. The van der Waals surface area contributed by atoms with E-state index < -0.39 is 9.84 Å². The Hall–Kier alpha value is -1.03. The molecule has 1 aromatic carbocycles. The van der Waals surface area contributed by atoms with E-state index in [0.717, 1.165) is 17.5 Å². The zero-order valence-corrected chi connectivity index (χ0v) is 12.7. The van der Waals surface area contributed by atoms with E-state index in [-0.39, 0.29) is 0 Å². The van der Waals surface area contributed by atoms with Crippen molar-refractivity contribution in [1.82, 2.24) is 0 Å². The van der Waals surface area contributed by atoms with Gasteiger partial charge in [0, 0.05) is 18.0 Å². The Labute approximate surface area is 116 Å². The highest BCUT2D eigenvalue weighted by Crippen LogP contribution is 2.30. The number of anilines is 1. The molecule has 2 unspecified atom stereocenters. The van der Waals surface area contributed by atoms with Crippen LogP contribution >= 0.6 is 0 Å². The topological polar surface area (TPSA) is 46.2 Å². The molecule has 0 heterocycles. The van der Waals surface area contributed by atoms with Gasteiger partial charge >= 0.3 is 0 Å². The van der Waals surface area contributed by atoms with Gasteiger partial charge in [0.25, 0.3) is 0 Å². The van der Waals surface area contributed by atoms with Crippen LogP contribution in [0, 0.1) is 11.8 Å². The van der Waals surface area contributed by atoms with E-state index in [9.17, 15) is 8.42 Å². The van der Waals surface area contributed by atoms with Crippen molar-refractivity contribution in [2.75, 3.05) is 11.6 Å². The lowest BCUT2D eigenvalue weighted by molar-refractivity contribution is 0.281. The third-order valence-electron chi connectivity index (χ3n) is 3.83. The molecule has 1 aromatic rings. The Bertz CT molecular complexity index is 512. The van der Waals surface area contributed by atoms with Crippen molar-refractivity contribution >= 4 is 15.5 Å². The lowest BCUT2D eigenvalue weighted by Crippen LogP contribution is -2.30. The molecule has 1 aliphatic rings. The summed E-state index contributed by atoms with van der Waals surface area (Å²) in [5, 5.41) is 3.53. The van der Waals surface area contributed by atoms with E-state index in [1.807, 2.05) is 12.1 Å². The second-order valence-electron chi connectivity index (χ2n) is 6.06. The molecule has 0 bridgehead atoms. The molecule has 4 heteroatoms. The van der Waals surface area contributed by atoms with Crippen LogP contribution in [0.3, 0.4) is 0 Å². The second kappa shape index (κ2) is 5.53. The van der Waals surface area contributed by atoms with Crippen molar-refractivity contribution < 1.29 is 8.42 Å². The van der Waals surface area contributed by atoms with Gasteiger partial charge in [-0.05, 0) is 55.4 Å². The maximum absolute atomic E-state index is 11.4. The number of benzene rings is 1. The molecule has 0 aromatic heterocycles. The molecule has 2 rings (SSSR count). The molecule has 3 nitrogen and oxygen atoms in total. The van der Waals surface area contributed by atoms with Crippen LogP contribution in [0.5, 0.6) is 0 Å². The zero-order chi connectivity index (χ0) is 14.0. The van der Waals surface area contributed by atoms with Gasteiger partial charge in [0.1, 0.15) is 0 Å². The normalized spacial score (nSPS) is 28.1. The molecule has 2 atom stereocenters. The average molecular weight is 281 g/mol. The first-order valence-corrected chi connectivity index (χ1v) is 8.80. The van der Waals surface area contributed by atoms with Crippen LogP contribution in [0.25, 0.3) is 0 Å². The van der Waals surface area contributed by atoms with Crippen molar-refractivity contribution in [2.45, 2.75) is 44.0 Å². The molecule has 19 heavy (non-hydrogen) atoms. The van der Waals surface area contributed by atoms with Crippen LogP contribution in [0.4, 0.5) is 5.69 Å². The van der Waals surface area contributed by atoms with E-state index in [0.29, 0.717) is 10.9 Å². The lowest BCUT2D eigenvalue weighted by atomic mass is 9.80. The van der Waals surface area contributed by atoms with Crippen molar-refractivity contribution in [3.63, 3.8) is 0 Å². The lowest BCUT2D eigenvalue weighted by Gasteiger charge is -2.32. The number of sulfone groups is 1. The van der Waals surface area contributed by atoms with Gasteiger partial charge in [-0.25, -0.2) is 8.42 Å². The summed E-state index contributed by atoms with van der Waals surface area (Å²) in [4.78, 5) is 0.378. The first-order chi connectivity index (χ1) is 8.84. The predicted molar refractivity (Wildman–Crippen MR) is 79.1 cm³/mol. The fourth-order valence-corrected chi connectivity index (χ4v) is 3.73. The molecule has 106 valence electrons. The standard InChI is InChI=1S/C15H23NO2S/c1-11-8-12(2)10-14(9-11)16-13-4-6-15(7-5-13)19(3,17)18/h4-7,11-12,14,16H,8-10H2,1-3H3. The maximum atomic E-state index is 11.4. The molecule has 1 fully saturated rings. The van der Waals surface area contributed by atoms with E-state index >= 15 is 0 Å². The maximum Gasteiger partial charge on any atom is 0.175 e. The van der Waals surface area contributed by atoms with Crippen LogP contribution in [0.2, 0.25) is 0 Å². The fraction of sp³-hybridized carbons (Fsp3) is 0.600. The Kier molecular flexibility index (Phi) is 4.19. The van der Waals surface area contributed by atoms with Crippen LogP contribution in [-0.4, -0.2) is 20.7 Å². The summed E-state index contributed by atoms with van der Waals surface area (Å²) in [5.41, 5.74) is 1.01. The number of rotatable bonds is 3. The third kappa shape index (κ3) is 3.96. The molecule has 1 saturated carbocycles. The number of hydrogen-bond donors (Lipinski definition) is 1. The fourth-order valence-electron chi connectivity index (χ4n) is 3.10. The summed E-state index contributed by atoms with van der Waals surface area (Å²) < 4.78 is 22.8. The molecule has 1 aliphatic carbocycles. The summed E-state index contributed by atoms with van der Waals surface area (Å²) >= 11 is 0. The van der Waals surface area contributed by atoms with Crippen molar-refractivity contribution in [1.29, 1.82) is 0 Å². The van der Waals surface area contributed by atoms with Crippen LogP contribution in [0.15, 0.2) is 29.2 Å². The summed E-state index contributed by atoms with van der Waals surface area (Å²) in [6, 6.07) is 7.57. The van der Waals surface area contributed by atoms with Crippen LogP contribution < -0.4 is 5.32 Å². The van der Waals surface area contributed by atoms with Gasteiger partial charge in [0.05, 0.1) is 4.90 Å². The number of nitrogens with one attached hydrogen (secondary N) is 1. The Morgan fingerprint density at radius 2 is 1.53 bits per heavy atom. The zero-order valence-electron chi connectivity index (χ0n) is 11.9. The van der Waals surface area contributed by atoms with Crippen molar-refractivity contribution in [3.05, 3.63) is 24.3 Å². The predicted octanol–water partition coefficient (Wildman–Crippen LogP) is 3.33. The highest BCUT2D eigenvalue weighted by atomic mass is 32.2. The van der Waals surface area contributed by atoms with Gasteiger partial charge in [-0.15, -0.1) is 0 Å². The molecule has 0 spiro atoms. The van der Waals surface area contributed by atoms with E-state index in [4.69, 9.17) is 0 Å². The largest absolute Gasteiger partial charge is 0.382 e. The SMILES string of the molecule is CC1CC(C)CC(Nc2ccc(S(C)(=O)=O)cc2)C1. The molecule has 0 aliphatic heterocycles. The van der Waals surface area contributed by atoms with Crippen LogP contribution in [-0.2, 0) is 9.84 Å². The van der Waals surface area contributed by atoms with Gasteiger partial charge in [-0.1, -0.05) is 13.8 Å². The van der Waals surface area contributed by atoms with Gasteiger partial charge < -0.3 is 5.32 Å². The van der Waals surface area contributed by atoms with Gasteiger partial charge in [0.2, 0.25) is 0 Å². The smallest absolute Gasteiger partial charge is 0.175 e. The molecule has 0 radical (unpaired) electrons. The van der Waals surface area contributed by atoms with E-state index in [2.05, 4.69) is 19.2 Å². The van der Waals surface area contributed by atoms with E-state index in [1.54, 1.807) is 12.1 Å². The average Bonchev–Trinajstić information content (AvgIpc) is 2.26. The molecular formula is C15H23NO2S. The van der Waals surface area contributed by atoms with Gasteiger partial charge in [0.15, 0.2) is 9.84 Å². The van der Waals surface area contributed by atoms with Gasteiger partial charge in [-0.3, -0.25) is 0 Å². The highest BCUT2D eigenvalue weighted by molar-refractivity contribution is 7.90. The summed E-state index contributed by atoms with van der Waals surface area (Å²) in [6.07, 6.45) is 4.93. The minimum atomic E-state index is -3.10. The van der Waals surface area contributed by atoms with E-state index in [1.165, 1.54) is 25.5 Å². The summed E-state index contributed by atoms with van der Waals surface area (Å²) in [6.45, 7) is 4.61. The molecule has 1 N–H and O–H groups in total. The molecule has 0 saturated heterocycles. The van der Waals surface area contributed by atoms with Crippen molar-refractivity contribution in [3.8, 4) is 0 Å². The third-order valence-corrected chi connectivity index (χ3v) is 4.96. The molecule has 0 amide bonds. The quantitative estimate of drug-likeness (QED) is 0.924. The van der Waals surface area contributed by atoms with Crippen molar-refractivity contribution in [2.24, 2.45) is 11.8 Å². The summed E-state index contributed by atoms with van der Waals surface area (Å²) in [5.74, 6) is 1.52.